The van der Waals surface area contributed by atoms with Crippen LogP contribution < -0.4 is 5.32 Å². The Morgan fingerprint density at radius 2 is 1.95 bits per heavy atom. The first-order valence-corrected chi connectivity index (χ1v) is 8.05. The van der Waals surface area contributed by atoms with Gasteiger partial charge >= 0.3 is 0 Å². The van der Waals surface area contributed by atoms with Crippen LogP contribution >= 0.6 is 0 Å². The van der Waals surface area contributed by atoms with Gasteiger partial charge in [-0.25, -0.2) is 0 Å². The highest BCUT2D eigenvalue weighted by Crippen LogP contribution is 2.37. The fraction of sp³-hybridized carbons (Fsp3) is 0.706. The molecule has 1 saturated carbocycles. The predicted octanol–water partition coefficient (Wildman–Crippen LogP) is 2.97. The minimum Gasteiger partial charge on any atom is -0.308 e. The lowest BCUT2D eigenvalue weighted by atomic mass is 9.85. The lowest BCUT2D eigenvalue weighted by Crippen LogP contribution is -2.67. The molecule has 0 bridgehead atoms. The number of piperazine rings is 1. The number of pyridine rings is 1. The summed E-state index contributed by atoms with van der Waals surface area (Å²) in [4.78, 5) is 6.85. The molecule has 1 saturated heterocycles. The van der Waals surface area contributed by atoms with Crippen LogP contribution in [0.2, 0.25) is 0 Å². The second-order valence-electron chi connectivity index (χ2n) is 6.90. The van der Waals surface area contributed by atoms with Crippen LogP contribution in [0.5, 0.6) is 0 Å². The highest BCUT2D eigenvalue weighted by Gasteiger charge is 2.45. The monoisotopic (exact) mass is 273 g/mol. The smallest absolute Gasteiger partial charge is 0.0309 e. The van der Waals surface area contributed by atoms with Crippen molar-refractivity contribution >= 4 is 0 Å². The molecule has 110 valence electrons. The molecule has 1 aromatic rings. The second-order valence-corrected chi connectivity index (χ2v) is 6.90. The van der Waals surface area contributed by atoms with Crippen LogP contribution in [0.1, 0.15) is 51.5 Å². The van der Waals surface area contributed by atoms with Gasteiger partial charge in [-0.3, -0.25) is 9.88 Å². The lowest BCUT2D eigenvalue weighted by Gasteiger charge is -2.52. The van der Waals surface area contributed by atoms with Gasteiger partial charge in [-0.15, -0.1) is 0 Å². The van der Waals surface area contributed by atoms with Crippen LogP contribution in [-0.2, 0) is 6.54 Å². The molecule has 1 aromatic heterocycles. The van der Waals surface area contributed by atoms with Crippen LogP contribution in [0.4, 0.5) is 0 Å². The van der Waals surface area contributed by atoms with Gasteiger partial charge in [-0.05, 0) is 43.9 Å². The summed E-state index contributed by atoms with van der Waals surface area (Å²) in [7, 11) is 0. The number of nitrogens with zero attached hydrogens (tertiary/aromatic N) is 2. The quantitative estimate of drug-likeness (QED) is 0.917. The third kappa shape index (κ3) is 2.61. The van der Waals surface area contributed by atoms with E-state index in [-0.39, 0.29) is 5.54 Å². The van der Waals surface area contributed by atoms with Crippen LogP contribution in [0.25, 0.3) is 0 Å². The van der Waals surface area contributed by atoms with Crippen molar-refractivity contribution in [2.75, 3.05) is 13.1 Å². The molecule has 0 amide bonds. The van der Waals surface area contributed by atoms with Gasteiger partial charge in [0, 0.05) is 43.1 Å². The van der Waals surface area contributed by atoms with Crippen molar-refractivity contribution in [1.29, 1.82) is 0 Å². The first-order chi connectivity index (χ1) is 9.66. The predicted molar refractivity (Wildman–Crippen MR) is 82.5 cm³/mol. The maximum absolute atomic E-state index is 4.14. The van der Waals surface area contributed by atoms with Gasteiger partial charge in [0.1, 0.15) is 0 Å². The molecule has 20 heavy (non-hydrogen) atoms. The zero-order chi connectivity index (χ0) is 14.1. The fourth-order valence-electron chi connectivity index (χ4n) is 3.79. The molecule has 1 aliphatic heterocycles. The van der Waals surface area contributed by atoms with Gasteiger partial charge in [0.15, 0.2) is 0 Å². The minimum absolute atomic E-state index is 0.275. The van der Waals surface area contributed by atoms with Gasteiger partial charge in [0.05, 0.1) is 0 Å². The molecule has 3 nitrogen and oxygen atoms in total. The average Bonchev–Trinajstić information content (AvgIpc) is 2.93. The number of hydrogen-bond donors (Lipinski definition) is 1. The highest BCUT2D eigenvalue weighted by atomic mass is 15.3. The van der Waals surface area contributed by atoms with E-state index in [1.165, 1.54) is 44.2 Å². The van der Waals surface area contributed by atoms with Crippen molar-refractivity contribution in [3.63, 3.8) is 0 Å². The number of rotatable bonds is 3. The largest absolute Gasteiger partial charge is 0.308 e. The summed E-state index contributed by atoms with van der Waals surface area (Å²) in [6.07, 6.45) is 10.5. The highest BCUT2D eigenvalue weighted by molar-refractivity contribution is 5.13. The van der Waals surface area contributed by atoms with E-state index in [9.17, 15) is 0 Å². The second kappa shape index (κ2) is 5.45. The number of nitrogens with one attached hydrogen (secondary N) is 1. The standard InChI is InChI=1S/C17H27N3/c1-3-16(2)13-19-17(8-4-5-9-17)14-20(16)12-15-6-10-18-11-7-15/h6-7,10-11,19H,3-5,8-9,12-14H2,1-2H3. The van der Waals surface area contributed by atoms with Gasteiger partial charge in [0.25, 0.3) is 0 Å². The summed E-state index contributed by atoms with van der Waals surface area (Å²) < 4.78 is 0. The van der Waals surface area contributed by atoms with Crippen molar-refractivity contribution in [2.45, 2.75) is 63.6 Å². The molecular weight excluding hydrogens is 246 g/mol. The van der Waals surface area contributed by atoms with Crippen LogP contribution in [0.3, 0.4) is 0 Å². The number of hydrogen-bond acceptors (Lipinski definition) is 3. The van der Waals surface area contributed by atoms with E-state index in [1.807, 2.05) is 12.4 Å². The molecule has 2 heterocycles. The van der Waals surface area contributed by atoms with E-state index < -0.39 is 0 Å². The van der Waals surface area contributed by atoms with E-state index >= 15 is 0 Å². The summed E-state index contributed by atoms with van der Waals surface area (Å²) in [6, 6.07) is 4.30. The van der Waals surface area contributed by atoms with Crippen molar-refractivity contribution in [1.82, 2.24) is 15.2 Å². The van der Waals surface area contributed by atoms with E-state index in [0.29, 0.717) is 5.54 Å². The van der Waals surface area contributed by atoms with Gasteiger partial charge in [-0.1, -0.05) is 19.8 Å². The van der Waals surface area contributed by atoms with E-state index in [0.717, 1.165) is 13.1 Å². The van der Waals surface area contributed by atoms with E-state index in [1.54, 1.807) is 0 Å². The Morgan fingerprint density at radius 3 is 2.60 bits per heavy atom. The van der Waals surface area contributed by atoms with Gasteiger partial charge in [-0.2, -0.15) is 0 Å². The fourth-order valence-corrected chi connectivity index (χ4v) is 3.79. The maximum atomic E-state index is 4.14. The van der Waals surface area contributed by atoms with Crippen LogP contribution in [-0.4, -0.2) is 34.1 Å². The lowest BCUT2D eigenvalue weighted by molar-refractivity contribution is 0.00777. The Bertz CT molecular complexity index is 439. The van der Waals surface area contributed by atoms with E-state index in [2.05, 4.69) is 41.2 Å². The van der Waals surface area contributed by atoms with Crippen molar-refractivity contribution < 1.29 is 0 Å². The SMILES string of the molecule is CCC1(C)CNC2(CCCC2)CN1Cc1ccncc1. The Kier molecular flexibility index (Phi) is 3.83. The van der Waals surface area contributed by atoms with Gasteiger partial charge < -0.3 is 5.32 Å². The molecule has 0 radical (unpaired) electrons. The first-order valence-electron chi connectivity index (χ1n) is 8.05. The Balaban J connectivity index is 1.79. The normalized spacial score (nSPS) is 29.9. The molecule has 2 aliphatic rings. The third-order valence-corrected chi connectivity index (χ3v) is 5.55. The molecule has 1 aliphatic carbocycles. The third-order valence-electron chi connectivity index (χ3n) is 5.55. The molecule has 3 rings (SSSR count). The van der Waals surface area contributed by atoms with E-state index in [4.69, 9.17) is 0 Å². The zero-order valence-corrected chi connectivity index (χ0v) is 12.9. The van der Waals surface area contributed by atoms with Crippen LogP contribution in [0, 0.1) is 0 Å². The minimum atomic E-state index is 0.275. The molecule has 1 unspecified atom stereocenters. The topological polar surface area (TPSA) is 28.2 Å². The Hall–Kier alpha value is -0.930. The molecule has 1 spiro atoms. The van der Waals surface area contributed by atoms with Crippen molar-refractivity contribution in [3.8, 4) is 0 Å². The zero-order valence-electron chi connectivity index (χ0n) is 12.9. The van der Waals surface area contributed by atoms with Crippen molar-refractivity contribution in [3.05, 3.63) is 30.1 Å². The average molecular weight is 273 g/mol. The van der Waals surface area contributed by atoms with Gasteiger partial charge in [0.2, 0.25) is 0 Å². The summed E-state index contributed by atoms with van der Waals surface area (Å²) in [5.74, 6) is 0. The first kappa shape index (κ1) is 14.0. The molecule has 3 heteroatoms. The summed E-state index contributed by atoms with van der Waals surface area (Å²) in [5, 5.41) is 3.90. The molecule has 2 fully saturated rings. The molecule has 1 N–H and O–H groups in total. The molecule has 0 aromatic carbocycles. The number of aromatic nitrogens is 1. The summed E-state index contributed by atoms with van der Waals surface area (Å²) in [5.41, 5.74) is 2.05. The summed E-state index contributed by atoms with van der Waals surface area (Å²) >= 11 is 0. The van der Waals surface area contributed by atoms with Crippen LogP contribution in [0.15, 0.2) is 24.5 Å². The van der Waals surface area contributed by atoms with Crippen molar-refractivity contribution in [2.24, 2.45) is 0 Å². The Labute approximate surface area is 122 Å². The Morgan fingerprint density at radius 1 is 1.25 bits per heavy atom. The molecular formula is C17H27N3. The maximum Gasteiger partial charge on any atom is 0.0309 e. The molecule has 1 atom stereocenters. The summed E-state index contributed by atoms with van der Waals surface area (Å²) in [6.45, 7) is 8.08.